The number of halogens is 1. The summed E-state index contributed by atoms with van der Waals surface area (Å²) in [4.78, 5) is 10.7. The number of nitrogens with one attached hydrogen (secondary N) is 1. The Morgan fingerprint density at radius 2 is 2.20 bits per heavy atom. The summed E-state index contributed by atoms with van der Waals surface area (Å²) in [7, 11) is -2.03. The Bertz CT molecular complexity index is 372. The van der Waals surface area contributed by atoms with Gasteiger partial charge >= 0.3 is 7.32 Å². The molecule has 0 saturated heterocycles. The van der Waals surface area contributed by atoms with E-state index in [-0.39, 0.29) is 11.4 Å². The van der Waals surface area contributed by atoms with Crippen LogP contribution >= 0.6 is 0 Å². The fraction of sp³-hybridized carbons (Fsp3) is 0.125. The van der Waals surface area contributed by atoms with Crippen molar-refractivity contribution in [3.8, 4) is 5.75 Å². The Kier molecular flexibility index (Phi) is 3.65. The summed E-state index contributed by atoms with van der Waals surface area (Å²) in [5, 5.41) is 19.4. The molecule has 1 aromatic carbocycles. The van der Waals surface area contributed by atoms with E-state index in [4.69, 9.17) is 10.0 Å². The number of benzene rings is 1. The van der Waals surface area contributed by atoms with E-state index in [1.54, 1.807) is 0 Å². The fourth-order valence-corrected chi connectivity index (χ4v) is 1.01. The zero-order valence-corrected chi connectivity index (χ0v) is 7.90. The van der Waals surface area contributed by atoms with E-state index < -0.39 is 19.0 Å². The second-order valence-electron chi connectivity index (χ2n) is 2.77. The van der Waals surface area contributed by atoms with Crippen LogP contribution in [0, 0.1) is 5.82 Å². The average Bonchev–Trinajstić information content (AvgIpc) is 2.08. The molecule has 0 unspecified atom stereocenters. The number of carbonyl (C=O) groups is 1. The summed E-state index contributed by atoms with van der Waals surface area (Å²) in [6.07, 6.45) is 0. The van der Waals surface area contributed by atoms with Crippen LogP contribution in [-0.4, -0.2) is 23.3 Å². The number of anilines is 1. The third-order valence-electron chi connectivity index (χ3n) is 1.48. The van der Waals surface area contributed by atoms with Crippen molar-refractivity contribution in [2.75, 3.05) is 5.32 Å². The molecule has 5 nitrogen and oxygen atoms in total. The van der Waals surface area contributed by atoms with Gasteiger partial charge < -0.3 is 20.0 Å². The molecule has 1 aromatic rings. The summed E-state index contributed by atoms with van der Waals surface area (Å²) in [5.41, 5.74) is 0.0376. The maximum Gasteiger partial charge on any atom is 0.707 e. The van der Waals surface area contributed by atoms with E-state index >= 15 is 0 Å². The lowest BCUT2D eigenvalue weighted by Gasteiger charge is -2.10. The van der Waals surface area contributed by atoms with Gasteiger partial charge in [0.25, 0.3) is 0 Å². The van der Waals surface area contributed by atoms with E-state index in [0.717, 1.165) is 12.1 Å². The maximum absolute atomic E-state index is 12.8. The SMILES string of the molecule is CC(=O)Nc1cc(F)ccc1OB(O)O. The van der Waals surface area contributed by atoms with Crippen molar-refractivity contribution < 1.29 is 23.9 Å². The molecule has 0 aliphatic rings. The molecule has 0 aromatic heterocycles. The zero-order valence-electron chi connectivity index (χ0n) is 7.90. The topological polar surface area (TPSA) is 78.8 Å². The number of rotatable bonds is 3. The molecule has 0 spiro atoms. The highest BCUT2D eigenvalue weighted by molar-refractivity contribution is 6.34. The second kappa shape index (κ2) is 4.76. The van der Waals surface area contributed by atoms with E-state index in [9.17, 15) is 9.18 Å². The van der Waals surface area contributed by atoms with Crippen LogP contribution in [0.4, 0.5) is 10.1 Å². The van der Waals surface area contributed by atoms with Crippen molar-refractivity contribution in [1.82, 2.24) is 0 Å². The summed E-state index contributed by atoms with van der Waals surface area (Å²) < 4.78 is 17.3. The van der Waals surface area contributed by atoms with Crippen LogP contribution in [-0.2, 0) is 4.79 Å². The van der Waals surface area contributed by atoms with Crippen molar-refractivity contribution in [2.24, 2.45) is 0 Å². The lowest BCUT2D eigenvalue weighted by Crippen LogP contribution is -2.21. The molecule has 0 atom stereocenters. The molecule has 0 saturated carbocycles. The highest BCUT2D eigenvalue weighted by Crippen LogP contribution is 2.25. The van der Waals surface area contributed by atoms with E-state index in [0.29, 0.717) is 0 Å². The van der Waals surface area contributed by atoms with Crippen LogP contribution in [0.25, 0.3) is 0 Å². The summed E-state index contributed by atoms with van der Waals surface area (Å²) in [6.45, 7) is 1.24. The standard InChI is InChI=1S/C8H9BFNO4/c1-5(12)11-7-4-6(10)2-3-8(7)15-9(13)14/h2-4,13-14H,1H3,(H,11,12). The van der Waals surface area contributed by atoms with Gasteiger partial charge in [-0.1, -0.05) is 0 Å². The Labute approximate surface area is 85.7 Å². The lowest BCUT2D eigenvalue weighted by molar-refractivity contribution is -0.114. The first-order valence-electron chi connectivity index (χ1n) is 4.09. The number of amides is 1. The van der Waals surface area contributed by atoms with Crippen molar-refractivity contribution in [3.05, 3.63) is 24.0 Å². The van der Waals surface area contributed by atoms with Crippen molar-refractivity contribution in [1.29, 1.82) is 0 Å². The van der Waals surface area contributed by atoms with Gasteiger partial charge in [-0.2, -0.15) is 0 Å². The minimum absolute atomic E-state index is 0.0263. The fourth-order valence-electron chi connectivity index (χ4n) is 1.01. The molecular formula is C8H9BFNO4. The molecule has 0 bridgehead atoms. The van der Waals surface area contributed by atoms with Crippen molar-refractivity contribution in [3.63, 3.8) is 0 Å². The van der Waals surface area contributed by atoms with Crippen LogP contribution in [0.2, 0.25) is 0 Å². The van der Waals surface area contributed by atoms with Crippen molar-refractivity contribution >= 4 is 18.9 Å². The molecule has 7 heteroatoms. The number of hydrogen-bond acceptors (Lipinski definition) is 4. The number of hydrogen-bond donors (Lipinski definition) is 3. The van der Waals surface area contributed by atoms with Gasteiger partial charge in [0.15, 0.2) is 0 Å². The largest absolute Gasteiger partial charge is 0.707 e. The van der Waals surface area contributed by atoms with E-state index in [1.165, 1.54) is 13.0 Å². The number of carbonyl (C=O) groups excluding carboxylic acids is 1. The molecule has 80 valence electrons. The summed E-state index contributed by atoms with van der Waals surface area (Å²) in [6, 6.07) is 3.27. The van der Waals surface area contributed by atoms with Gasteiger partial charge in [0.1, 0.15) is 11.6 Å². The van der Waals surface area contributed by atoms with Gasteiger partial charge in [0.2, 0.25) is 5.91 Å². The highest BCUT2D eigenvalue weighted by Gasteiger charge is 2.15. The second-order valence-corrected chi connectivity index (χ2v) is 2.77. The Morgan fingerprint density at radius 1 is 1.53 bits per heavy atom. The van der Waals surface area contributed by atoms with Crippen LogP contribution < -0.4 is 9.97 Å². The molecular weight excluding hydrogens is 204 g/mol. The molecule has 0 aliphatic carbocycles. The minimum Gasteiger partial charge on any atom is -0.510 e. The third-order valence-corrected chi connectivity index (χ3v) is 1.48. The van der Waals surface area contributed by atoms with E-state index in [2.05, 4.69) is 9.97 Å². The first-order chi connectivity index (χ1) is 6.99. The van der Waals surface area contributed by atoms with Crippen molar-refractivity contribution in [2.45, 2.75) is 6.92 Å². The smallest absolute Gasteiger partial charge is 0.510 e. The highest BCUT2D eigenvalue weighted by atomic mass is 19.1. The first kappa shape index (κ1) is 11.5. The molecule has 1 rings (SSSR count). The molecule has 0 aliphatic heterocycles. The van der Waals surface area contributed by atoms with Gasteiger partial charge in [-0.05, 0) is 12.1 Å². The third kappa shape index (κ3) is 3.57. The van der Waals surface area contributed by atoms with Crippen LogP contribution in [0.15, 0.2) is 18.2 Å². The monoisotopic (exact) mass is 213 g/mol. The normalized spacial score (nSPS) is 9.60. The van der Waals surface area contributed by atoms with Gasteiger partial charge in [-0.25, -0.2) is 4.39 Å². The Morgan fingerprint density at radius 3 is 2.73 bits per heavy atom. The van der Waals surface area contributed by atoms with Crippen LogP contribution in [0.1, 0.15) is 6.92 Å². The lowest BCUT2D eigenvalue weighted by atomic mass is 10.2. The molecule has 0 fully saturated rings. The molecule has 15 heavy (non-hydrogen) atoms. The van der Waals surface area contributed by atoms with Gasteiger partial charge in [0, 0.05) is 13.0 Å². The van der Waals surface area contributed by atoms with Gasteiger partial charge in [-0.3, -0.25) is 4.79 Å². The Hall–Kier alpha value is -1.60. The minimum atomic E-state index is -2.03. The van der Waals surface area contributed by atoms with Gasteiger partial charge in [0.05, 0.1) is 5.69 Å². The van der Waals surface area contributed by atoms with Crippen LogP contribution in [0.3, 0.4) is 0 Å². The zero-order chi connectivity index (χ0) is 11.4. The molecule has 0 heterocycles. The van der Waals surface area contributed by atoms with E-state index in [1.807, 2.05) is 0 Å². The first-order valence-corrected chi connectivity index (χ1v) is 4.09. The van der Waals surface area contributed by atoms with Crippen LogP contribution in [0.5, 0.6) is 5.75 Å². The molecule has 3 N–H and O–H groups in total. The summed E-state index contributed by atoms with van der Waals surface area (Å²) in [5.74, 6) is -1.02. The predicted octanol–water partition coefficient (Wildman–Crippen LogP) is 0.132. The van der Waals surface area contributed by atoms with Gasteiger partial charge in [-0.15, -0.1) is 0 Å². The average molecular weight is 213 g/mol. The molecule has 1 amide bonds. The molecule has 0 radical (unpaired) electrons. The summed E-state index contributed by atoms with van der Waals surface area (Å²) >= 11 is 0. The quantitative estimate of drug-likeness (QED) is 0.623. The maximum atomic E-state index is 12.8. The Balaban J connectivity index is 2.97. The predicted molar refractivity (Wildman–Crippen MR) is 51.5 cm³/mol.